The van der Waals surface area contributed by atoms with Crippen molar-refractivity contribution in [3.05, 3.63) is 0 Å². The number of unbranched alkanes of at least 4 members (excludes halogenated alkanes) is 9. The molecule has 0 aromatic heterocycles. The van der Waals surface area contributed by atoms with Crippen LogP contribution in [0, 0.1) is 0 Å². The van der Waals surface area contributed by atoms with Crippen LogP contribution in [0.25, 0.3) is 0 Å². The minimum atomic E-state index is -1.49. The molecule has 0 aromatic carbocycles. The van der Waals surface area contributed by atoms with E-state index in [4.69, 9.17) is 5.11 Å². The van der Waals surface area contributed by atoms with Crippen LogP contribution in [0.1, 0.15) is 111 Å². The normalized spacial score (nSPS) is 12.5. The fraction of sp³-hybridized carbons (Fsp3) is 0.957. The topological polar surface area (TPSA) is 37.3 Å². The van der Waals surface area contributed by atoms with E-state index in [1.54, 1.807) is 0 Å². The second-order valence-corrected chi connectivity index (χ2v) is 13.3. The predicted molar refractivity (Wildman–Crippen MR) is 122 cm³/mol. The summed E-state index contributed by atoms with van der Waals surface area (Å²) in [5.74, 6) is 0.451. The molecule has 26 heavy (non-hydrogen) atoms. The molecule has 0 atom stereocenters. The van der Waals surface area contributed by atoms with Crippen molar-refractivity contribution in [1.29, 1.82) is 0 Å². The fourth-order valence-corrected chi connectivity index (χ4v) is 9.50. The first kappa shape index (κ1) is 26.1. The molecule has 3 heteroatoms. The molecule has 0 aliphatic rings. The van der Waals surface area contributed by atoms with Gasteiger partial charge in [0.2, 0.25) is 0 Å². The third-order valence-electron chi connectivity index (χ3n) is 5.87. The van der Waals surface area contributed by atoms with Crippen LogP contribution >= 0.6 is 7.26 Å². The quantitative estimate of drug-likeness (QED) is 0.183. The summed E-state index contributed by atoms with van der Waals surface area (Å²) in [5.41, 5.74) is 0. The summed E-state index contributed by atoms with van der Waals surface area (Å²) < 4.78 is 0. The zero-order valence-electron chi connectivity index (χ0n) is 18.3. The summed E-state index contributed by atoms with van der Waals surface area (Å²) in [6.45, 7) is 6.99. The van der Waals surface area contributed by atoms with E-state index in [2.05, 4.69) is 20.8 Å². The second-order valence-electron chi connectivity index (χ2n) is 8.47. The molecule has 158 valence electrons. The van der Waals surface area contributed by atoms with Crippen molar-refractivity contribution in [1.82, 2.24) is 0 Å². The third kappa shape index (κ3) is 14.2. The molecule has 0 saturated carbocycles. The summed E-state index contributed by atoms with van der Waals surface area (Å²) in [5, 5.41) is 9.07. The van der Waals surface area contributed by atoms with Crippen LogP contribution in [0.2, 0.25) is 0 Å². The maximum atomic E-state index is 12.6. The minimum absolute atomic E-state index is 0.157. The van der Waals surface area contributed by atoms with Crippen LogP contribution in [0.15, 0.2) is 0 Å². The predicted octanol–water partition coefficient (Wildman–Crippen LogP) is 6.82. The zero-order chi connectivity index (χ0) is 19.5. The zero-order valence-corrected chi connectivity index (χ0v) is 19.3. The van der Waals surface area contributed by atoms with E-state index in [0.717, 1.165) is 6.16 Å². The van der Waals surface area contributed by atoms with Crippen molar-refractivity contribution in [3.8, 4) is 0 Å². The van der Waals surface area contributed by atoms with E-state index >= 15 is 0 Å². The van der Waals surface area contributed by atoms with Gasteiger partial charge in [0.05, 0.1) is 0 Å². The molecular weight excluding hydrogens is 339 g/mol. The molecule has 0 rings (SSSR count). The molecule has 2 nitrogen and oxygen atoms in total. The Morgan fingerprint density at radius 3 is 1.42 bits per heavy atom. The first-order valence-corrected chi connectivity index (χ1v) is 14.6. The molecule has 0 heterocycles. The Balaban J connectivity index is 4.87. The number of carbonyl (C=O) groups excluding carboxylic acids is 1. The molecule has 0 fully saturated rings. The maximum absolute atomic E-state index is 12.6. The average molecular weight is 389 g/mol. The van der Waals surface area contributed by atoms with Gasteiger partial charge in [-0.2, -0.15) is 0 Å². The van der Waals surface area contributed by atoms with Gasteiger partial charge < -0.3 is 0 Å². The molecule has 0 bridgehead atoms. The van der Waals surface area contributed by atoms with Crippen LogP contribution in [0.3, 0.4) is 0 Å². The first-order valence-electron chi connectivity index (χ1n) is 11.8. The van der Waals surface area contributed by atoms with Crippen LogP contribution < -0.4 is 0 Å². The number of hydrogen-bond donors (Lipinski definition) is 1. The van der Waals surface area contributed by atoms with E-state index < -0.39 is 7.26 Å². The van der Waals surface area contributed by atoms with Crippen LogP contribution in [0.5, 0.6) is 0 Å². The standard InChI is InChI=1S/C23H49O2P/c1-4-7-10-13-19-26(20-14-11-8-5-2,21-15-12-9-6-3)22-23(25)17-16-18-24/h24,26H,4-22H2,1-3H3. The SMILES string of the molecule is CCCCCC[PH](CCCCCC)(CCCCCC)CC(=O)CCCO. The van der Waals surface area contributed by atoms with Crippen LogP contribution in [0.4, 0.5) is 0 Å². The van der Waals surface area contributed by atoms with E-state index in [1.165, 1.54) is 95.5 Å². The molecule has 0 amide bonds. The van der Waals surface area contributed by atoms with Gasteiger partial charge in [0.25, 0.3) is 0 Å². The van der Waals surface area contributed by atoms with Gasteiger partial charge in [-0.25, -0.2) is 0 Å². The number of aliphatic hydroxyl groups excluding tert-OH is 1. The molecular formula is C23H49O2P. The number of ketones is 1. The number of aliphatic hydroxyl groups is 1. The summed E-state index contributed by atoms with van der Waals surface area (Å²) >= 11 is 0. The fourth-order valence-electron chi connectivity index (χ4n) is 4.20. The summed E-state index contributed by atoms with van der Waals surface area (Å²) in [7, 11) is -1.49. The van der Waals surface area contributed by atoms with Crippen molar-refractivity contribution in [2.24, 2.45) is 0 Å². The van der Waals surface area contributed by atoms with E-state index in [1.807, 2.05) is 0 Å². The van der Waals surface area contributed by atoms with Gasteiger partial charge in [-0.05, 0) is 0 Å². The Morgan fingerprint density at radius 1 is 0.654 bits per heavy atom. The summed E-state index contributed by atoms with van der Waals surface area (Å²) in [6, 6.07) is 0. The van der Waals surface area contributed by atoms with Crippen molar-refractivity contribution in [3.63, 3.8) is 0 Å². The average Bonchev–Trinajstić information content (AvgIpc) is 2.64. The second kappa shape index (κ2) is 18.4. The molecule has 0 aliphatic carbocycles. The van der Waals surface area contributed by atoms with Gasteiger partial charge in [-0.1, -0.05) is 0 Å². The van der Waals surface area contributed by atoms with Gasteiger partial charge in [-0.3, -0.25) is 0 Å². The van der Waals surface area contributed by atoms with Crippen molar-refractivity contribution in [2.75, 3.05) is 31.3 Å². The Kier molecular flexibility index (Phi) is 18.5. The molecule has 0 saturated heterocycles. The summed E-state index contributed by atoms with van der Waals surface area (Å²) in [4.78, 5) is 12.6. The molecule has 0 aliphatic heterocycles. The third-order valence-corrected chi connectivity index (χ3v) is 11.3. The molecule has 0 unspecified atom stereocenters. The summed E-state index contributed by atoms with van der Waals surface area (Å²) in [6.07, 6.45) is 22.2. The molecule has 1 N–H and O–H groups in total. The Hall–Kier alpha value is 0.0600. The van der Waals surface area contributed by atoms with Crippen LogP contribution in [-0.2, 0) is 4.79 Å². The number of Topliss-reactive ketones (excluding diaryl/α,β-unsaturated/α-hetero) is 1. The molecule has 0 aromatic rings. The number of rotatable bonds is 20. The van der Waals surface area contributed by atoms with Gasteiger partial charge >= 0.3 is 165 Å². The van der Waals surface area contributed by atoms with Crippen molar-refractivity contribution in [2.45, 2.75) is 111 Å². The number of carbonyl (C=O) groups is 1. The van der Waals surface area contributed by atoms with Gasteiger partial charge in [0, 0.05) is 0 Å². The Bertz CT molecular complexity index is 286. The van der Waals surface area contributed by atoms with Gasteiger partial charge in [-0.15, -0.1) is 0 Å². The van der Waals surface area contributed by atoms with Gasteiger partial charge in [0.1, 0.15) is 0 Å². The van der Waals surface area contributed by atoms with E-state index in [0.29, 0.717) is 18.6 Å². The number of hydrogen-bond acceptors (Lipinski definition) is 2. The van der Waals surface area contributed by atoms with Crippen molar-refractivity contribution < 1.29 is 9.90 Å². The van der Waals surface area contributed by atoms with Gasteiger partial charge in [0.15, 0.2) is 0 Å². The monoisotopic (exact) mass is 388 g/mol. The molecule has 0 spiro atoms. The van der Waals surface area contributed by atoms with Crippen molar-refractivity contribution >= 4 is 13.0 Å². The first-order chi connectivity index (χ1) is 12.6. The Morgan fingerprint density at radius 2 is 1.08 bits per heavy atom. The Labute approximate surface area is 165 Å². The molecule has 0 radical (unpaired) electrons. The van der Waals surface area contributed by atoms with E-state index in [-0.39, 0.29) is 6.61 Å². The van der Waals surface area contributed by atoms with E-state index in [9.17, 15) is 4.79 Å². The van der Waals surface area contributed by atoms with Crippen LogP contribution in [-0.4, -0.2) is 42.1 Å².